The van der Waals surface area contributed by atoms with Crippen LogP contribution in [-0.2, 0) is 6.54 Å². The SMILES string of the molecule is CNCCN(Cc1c(Cl)cccc1Cl)CC(F)(F)F. The van der Waals surface area contributed by atoms with Gasteiger partial charge in [0.1, 0.15) is 0 Å². The number of hydrogen-bond donors (Lipinski definition) is 1. The number of hydrogen-bond acceptors (Lipinski definition) is 2. The maximum atomic E-state index is 12.5. The van der Waals surface area contributed by atoms with Gasteiger partial charge < -0.3 is 5.32 Å². The average Bonchev–Trinajstić information content (AvgIpc) is 2.29. The largest absolute Gasteiger partial charge is 0.401 e. The smallest absolute Gasteiger partial charge is 0.318 e. The molecule has 0 aliphatic rings. The third-order valence-corrected chi connectivity index (χ3v) is 3.23. The van der Waals surface area contributed by atoms with Crippen molar-refractivity contribution in [3.05, 3.63) is 33.8 Å². The van der Waals surface area contributed by atoms with Crippen molar-refractivity contribution in [1.82, 2.24) is 10.2 Å². The Morgan fingerprint density at radius 3 is 2.26 bits per heavy atom. The van der Waals surface area contributed by atoms with Gasteiger partial charge in [0.15, 0.2) is 0 Å². The van der Waals surface area contributed by atoms with E-state index < -0.39 is 12.7 Å². The fourth-order valence-electron chi connectivity index (χ4n) is 1.64. The minimum absolute atomic E-state index is 0.0691. The maximum Gasteiger partial charge on any atom is 0.401 e. The molecule has 0 fully saturated rings. The van der Waals surface area contributed by atoms with Crippen molar-refractivity contribution < 1.29 is 13.2 Å². The van der Waals surface area contributed by atoms with Gasteiger partial charge in [0.05, 0.1) is 6.54 Å². The van der Waals surface area contributed by atoms with E-state index in [0.717, 1.165) is 0 Å². The monoisotopic (exact) mass is 314 g/mol. The Morgan fingerprint density at radius 1 is 1.21 bits per heavy atom. The van der Waals surface area contributed by atoms with E-state index in [2.05, 4.69) is 5.32 Å². The second kappa shape index (κ2) is 7.33. The lowest BCUT2D eigenvalue weighted by Crippen LogP contribution is -2.37. The van der Waals surface area contributed by atoms with Crippen LogP contribution in [0.15, 0.2) is 18.2 Å². The number of alkyl halides is 3. The summed E-state index contributed by atoms with van der Waals surface area (Å²) in [6, 6.07) is 4.90. The van der Waals surface area contributed by atoms with Gasteiger partial charge >= 0.3 is 6.18 Å². The third-order valence-electron chi connectivity index (χ3n) is 2.52. The molecule has 0 amide bonds. The fraction of sp³-hybridized carbons (Fsp3) is 0.500. The summed E-state index contributed by atoms with van der Waals surface area (Å²) in [6.07, 6.45) is -4.25. The highest BCUT2D eigenvalue weighted by Crippen LogP contribution is 2.27. The standard InChI is InChI=1S/C12H15Cl2F3N2/c1-18-5-6-19(8-12(15,16)17)7-9-10(13)3-2-4-11(9)14/h2-4,18H,5-8H2,1H3. The van der Waals surface area contributed by atoms with Crippen molar-refractivity contribution in [3.63, 3.8) is 0 Å². The molecule has 0 unspecified atom stereocenters. The zero-order valence-electron chi connectivity index (χ0n) is 10.4. The molecule has 0 aliphatic carbocycles. The Morgan fingerprint density at radius 2 is 1.79 bits per heavy atom. The molecule has 0 saturated heterocycles. The van der Waals surface area contributed by atoms with E-state index in [4.69, 9.17) is 23.2 Å². The molecule has 0 aliphatic heterocycles. The van der Waals surface area contributed by atoms with Crippen LogP contribution in [0.25, 0.3) is 0 Å². The van der Waals surface area contributed by atoms with Crippen LogP contribution in [0.2, 0.25) is 10.0 Å². The Labute approximate surface area is 120 Å². The normalized spacial score (nSPS) is 12.2. The molecule has 0 spiro atoms. The van der Waals surface area contributed by atoms with Crippen LogP contribution in [0.3, 0.4) is 0 Å². The molecule has 0 aromatic heterocycles. The summed E-state index contributed by atoms with van der Waals surface area (Å²) >= 11 is 11.9. The highest BCUT2D eigenvalue weighted by Gasteiger charge is 2.30. The van der Waals surface area contributed by atoms with Gasteiger partial charge in [-0.15, -0.1) is 0 Å². The number of nitrogens with one attached hydrogen (secondary N) is 1. The summed E-state index contributed by atoms with van der Waals surface area (Å²) in [5, 5.41) is 3.58. The molecule has 7 heteroatoms. The molecule has 1 N–H and O–H groups in total. The molecule has 1 rings (SSSR count). The molecule has 1 aromatic carbocycles. The molecule has 2 nitrogen and oxygen atoms in total. The van der Waals surface area contributed by atoms with Crippen molar-refractivity contribution in [2.45, 2.75) is 12.7 Å². The van der Waals surface area contributed by atoms with Gasteiger partial charge in [0.25, 0.3) is 0 Å². The topological polar surface area (TPSA) is 15.3 Å². The molecule has 0 radical (unpaired) electrons. The zero-order chi connectivity index (χ0) is 14.5. The first-order valence-electron chi connectivity index (χ1n) is 5.70. The predicted octanol–water partition coefficient (Wildman–Crippen LogP) is 3.58. The first-order chi connectivity index (χ1) is 8.83. The summed E-state index contributed by atoms with van der Waals surface area (Å²) in [5.41, 5.74) is 0.520. The van der Waals surface area contributed by atoms with Crippen LogP contribution in [0, 0.1) is 0 Å². The van der Waals surface area contributed by atoms with Crippen LogP contribution in [0.1, 0.15) is 5.56 Å². The molecule has 0 atom stereocenters. The third kappa shape index (κ3) is 5.99. The van der Waals surface area contributed by atoms with Crippen molar-refractivity contribution >= 4 is 23.2 Å². The van der Waals surface area contributed by atoms with E-state index in [1.54, 1.807) is 25.2 Å². The average molecular weight is 315 g/mol. The van der Waals surface area contributed by atoms with Gasteiger partial charge in [-0.1, -0.05) is 29.3 Å². The highest BCUT2D eigenvalue weighted by atomic mass is 35.5. The zero-order valence-corrected chi connectivity index (χ0v) is 11.9. The van der Waals surface area contributed by atoms with Gasteiger partial charge in [-0.2, -0.15) is 13.2 Å². The first-order valence-corrected chi connectivity index (χ1v) is 6.45. The fourth-order valence-corrected chi connectivity index (χ4v) is 2.16. The number of nitrogens with zero attached hydrogens (tertiary/aromatic N) is 1. The number of likely N-dealkylation sites (N-methyl/N-ethyl adjacent to an activating group) is 1. The summed E-state index contributed by atoms with van der Waals surface area (Å²) in [7, 11) is 1.69. The highest BCUT2D eigenvalue weighted by molar-refractivity contribution is 6.35. The van der Waals surface area contributed by atoms with E-state index in [0.29, 0.717) is 22.2 Å². The van der Waals surface area contributed by atoms with Gasteiger partial charge in [-0.25, -0.2) is 0 Å². The Bertz CT molecular complexity index is 390. The van der Waals surface area contributed by atoms with E-state index in [9.17, 15) is 13.2 Å². The van der Waals surface area contributed by atoms with Crippen molar-refractivity contribution in [2.75, 3.05) is 26.7 Å². The van der Waals surface area contributed by atoms with Crippen molar-refractivity contribution in [1.29, 1.82) is 0 Å². The summed E-state index contributed by atoms with van der Waals surface area (Å²) in [5.74, 6) is 0. The summed E-state index contributed by atoms with van der Waals surface area (Å²) in [4.78, 5) is 1.27. The molecule has 0 heterocycles. The van der Waals surface area contributed by atoms with E-state index >= 15 is 0 Å². The lowest BCUT2D eigenvalue weighted by molar-refractivity contribution is -0.146. The molecule has 1 aromatic rings. The number of benzene rings is 1. The van der Waals surface area contributed by atoms with Gasteiger partial charge in [0, 0.05) is 35.2 Å². The maximum absolute atomic E-state index is 12.5. The molecule has 0 bridgehead atoms. The number of rotatable bonds is 6. The van der Waals surface area contributed by atoms with Crippen molar-refractivity contribution in [3.8, 4) is 0 Å². The van der Waals surface area contributed by atoms with Crippen LogP contribution in [0.4, 0.5) is 13.2 Å². The summed E-state index contributed by atoms with van der Waals surface area (Å²) < 4.78 is 37.5. The van der Waals surface area contributed by atoms with Gasteiger partial charge in [0.2, 0.25) is 0 Å². The minimum atomic E-state index is -4.25. The molecular weight excluding hydrogens is 300 g/mol. The Kier molecular flexibility index (Phi) is 6.39. The first kappa shape index (κ1) is 16.6. The van der Waals surface area contributed by atoms with E-state index in [1.165, 1.54) is 4.90 Å². The lowest BCUT2D eigenvalue weighted by Gasteiger charge is -2.24. The van der Waals surface area contributed by atoms with Crippen molar-refractivity contribution in [2.24, 2.45) is 0 Å². The Hall–Kier alpha value is -0.490. The molecular formula is C12H15Cl2F3N2. The van der Waals surface area contributed by atoms with Gasteiger partial charge in [-0.05, 0) is 19.2 Å². The Balaban J connectivity index is 2.81. The summed E-state index contributed by atoms with van der Waals surface area (Å²) in [6.45, 7) is -0.203. The van der Waals surface area contributed by atoms with Crippen LogP contribution in [0.5, 0.6) is 0 Å². The van der Waals surface area contributed by atoms with Crippen LogP contribution < -0.4 is 5.32 Å². The lowest BCUT2D eigenvalue weighted by atomic mass is 10.2. The van der Waals surface area contributed by atoms with Gasteiger partial charge in [-0.3, -0.25) is 4.90 Å². The molecule has 108 valence electrons. The second-order valence-electron chi connectivity index (χ2n) is 4.13. The predicted molar refractivity (Wildman–Crippen MR) is 71.7 cm³/mol. The second-order valence-corrected chi connectivity index (χ2v) is 4.94. The minimum Gasteiger partial charge on any atom is -0.318 e. The van der Waals surface area contributed by atoms with E-state index in [-0.39, 0.29) is 13.1 Å². The molecule has 19 heavy (non-hydrogen) atoms. The van der Waals surface area contributed by atoms with Crippen LogP contribution in [-0.4, -0.2) is 37.8 Å². The van der Waals surface area contributed by atoms with E-state index in [1.807, 2.05) is 0 Å². The quantitative estimate of drug-likeness (QED) is 0.863. The molecule has 0 saturated carbocycles. The van der Waals surface area contributed by atoms with Crippen LogP contribution >= 0.6 is 23.2 Å². The number of halogens is 5.